The lowest BCUT2D eigenvalue weighted by Crippen LogP contribution is -2.50. The van der Waals surface area contributed by atoms with Gasteiger partial charge in [-0.05, 0) is 30.3 Å². The summed E-state index contributed by atoms with van der Waals surface area (Å²) in [7, 11) is 0. The number of H-pyrrole nitrogens is 1. The molecule has 1 atom stereocenters. The van der Waals surface area contributed by atoms with E-state index in [1.54, 1.807) is 12.1 Å². The van der Waals surface area contributed by atoms with Crippen LogP contribution in [0.3, 0.4) is 0 Å². The molecule has 2 aliphatic heterocycles. The Morgan fingerprint density at radius 3 is 2.68 bits per heavy atom. The van der Waals surface area contributed by atoms with Crippen molar-refractivity contribution in [2.24, 2.45) is 5.92 Å². The Balaban J connectivity index is 1.26. The fraction of sp³-hybridized carbons (Fsp3) is 0.318. The van der Waals surface area contributed by atoms with Gasteiger partial charge in [0.2, 0.25) is 11.8 Å². The zero-order chi connectivity index (χ0) is 21.5. The molecule has 0 unspecified atom stereocenters. The van der Waals surface area contributed by atoms with Crippen LogP contribution in [0.4, 0.5) is 15.9 Å². The van der Waals surface area contributed by atoms with Crippen LogP contribution in [0.2, 0.25) is 5.02 Å². The number of halogens is 2. The number of amides is 2. The highest BCUT2D eigenvalue weighted by atomic mass is 35.5. The van der Waals surface area contributed by atoms with Gasteiger partial charge in [-0.25, -0.2) is 4.39 Å². The Hall–Kier alpha value is -3.13. The molecule has 5 rings (SSSR count). The number of aromatic amines is 1. The molecule has 2 fully saturated rings. The molecule has 2 aliphatic rings. The highest BCUT2D eigenvalue weighted by Crippen LogP contribution is 2.32. The number of aromatic nitrogens is 2. The van der Waals surface area contributed by atoms with Crippen molar-refractivity contribution in [1.82, 2.24) is 15.1 Å². The number of hydrogen-bond donors (Lipinski definition) is 1. The SMILES string of the molecule is O=C([C@H]1CC(=O)N(c2n[nH]c3cccc(F)c23)C1)N1CCN(c2cccc(Cl)c2)CC1. The number of anilines is 2. The van der Waals surface area contributed by atoms with Crippen molar-refractivity contribution in [3.8, 4) is 0 Å². The zero-order valence-corrected chi connectivity index (χ0v) is 17.5. The van der Waals surface area contributed by atoms with Crippen LogP contribution in [0.1, 0.15) is 6.42 Å². The first-order valence-electron chi connectivity index (χ1n) is 10.2. The number of nitrogens with zero attached hydrogens (tertiary/aromatic N) is 4. The van der Waals surface area contributed by atoms with Crippen LogP contribution < -0.4 is 9.80 Å². The van der Waals surface area contributed by atoms with E-state index in [1.807, 2.05) is 29.2 Å². The molecule has 9 heteroatoms. The molecule has 160 valence electrons. The maximum Gasteiger partial charge on any atom is 0.229 e. The Morgan fingerprint density at radius 2 is 1.90 bits per heavy atom. The molecule has 3 heterocycles. The predicted octanol–water partition coefficient (Wildman–Crippen LogP) is 3.06. The van der Waals surface area contributed by atoms with Gasteiger partial charge in [-0.1, -0.05) is 23.7 Å². The number of carbonyl (C=O) groups excluding carboxylic acids is 2. The maximum absolute atomic E-state index is 14.3. The minimum atomic E-state index is -0.455. The van der Waals surface area contributed by atoms with Crippen LogP contribution in [0, 0.1) is 11.7 Å². The van der Waals surface area contributed by atoms with Crippen molar-refractivity contribution in [2.75, 3.05) is 42.5 Å². The van der Waals surface area contributed by atoms with Crippen molar-refractivity contribution in [1.29, 1.82) is 0 Å². The number of benzene rings is 2. The van der Waals surface area contributed by atoms with Gasteiger partial charge in [-0.2, -0.15) is 5.10 Å². The predicted molar refractivity (Wildman–Crippen MR) is 117 cm³/mol. The smallest absolute Gasteiger partial charge is 0.229 e. The standard InChI is InChI=1S/C22H21ClFN5O2/c23-15-3-1-4-16(12-15)27-7-9-28(10-8-27)22(31)14-11-19(30)29(13-14)21-20-17(24)5-2-6-18(20)25-26-21/h1-6,12,14H,7-11,13H2,(H,25,26)/t14-/m0/s1. The average molecular weight is 442 g/mol. The molecular weight excluding hydrogens is 421 g/mol. The number of nitrogens with one attached hydrogen (secondary N) is 1. The van der Waals surface area contributed by atoms with Crippen molar-refractivity contribution < 1.29 is 14.0 Å². The highest BCUT2D eigenvalue weighted by Gasteiger charge is 2.39. The average Bonchev–Trinajstić information content (AvgIpc) is 3.37. The number of fused-ring (bicyclic) bond motifs is 1. The summed E-state index contributed by atoms with van der Waals surface area (Å²) < 4.78 is 14.3. The molecule has 3 aromatic rings. The lowest BCUT2D eigenvalue weighted by atomic mass is 10.1. The van der Waals surface area contributed by atoms with E-state index in [9.17, 15) is 14.0 Å². The van der Waals surface area contributed by atoms with E-state index < -0.39 is 11.7 Å². The monoisotopic (exact) mass is 441 g/mol. The topological polar surface area (TPSA) is 72.5 Å². The summed E-state index contributed by atoms with van der Waals surface area (Å²) in [4.78, 5) is 31.2. The van der Waals surface area contributed by atoms with E-state index in [2.05, 4.69) is 15.1 Å². The van der Waals surface area contributed by atoms with E-state index in [0.29, 0.717) is 36.7 Å². The minimum Gasteiger partial charge on any atom is -0.368 e. The number of hydrogen-bond acceptors (Lipinski definition) is 4. The summed E-state index contributed by atoms with van der Waals surface area (Å²) in [6.07, 6.45) is 0.107. The molecule has 1 N–H and O–H groups in total. The molecule has 2 amide bonds. The molecule has 2 saturated heterocycles. The third kappa shape index (κ3) is 3.61. The van der Waals surface area contributed by atoms with Crippen LogP contribution in [-0.4, -0.2) is 59.6 Å². The molecule has 0 aliphatic carbocycles. The van der Waals surface area contributed by atoms with Crippen LogP contribution in [0.25, 0.3) is 10.9 Å². The van der Waals surface area contributed by atoms with Crippen LogP contribution >= 0.6 is 11.6 Å². The Labute approximate surface area is 183 Å². The molecule has 0 saturated carbocycles. The molecule has 31 heavy (non-hydrogen) atoms. The third-order valence-corrected chi connectivity index (χ3v) is 6.25. The van der Waals surface area contributed by atoms with Crippen LogP contribution in [0.15, 0.2) is 42.5 Å². The Bertz CT molecular complexity index is 1160. The van der Waals surface area contributed by atoms with Crippen molar-refractivity contribution in [2.45, 2.75) is 6.42 Å². The second-order valence-electron chi connectivity index (χ2n) is 7.91. The summed E-state index contributed by atoms with van der Waals surface area (Å²) in [5.41, 5.74) is 1.56. The van der Waals surface area contributed by atoms with Gasteiger partial charge in [0.25, 0.3) is 0 Å². The molecule has 7 nitrogen and oxygen atoms in total. The molecule has 2 aromatic carbocycles. The van der Waals surface area contributed by atoms with E-state index in [0.717, 1.165) is 5.69 Å². The first-order valence-corrected chi connectivity index (χ1v) is 10.6. The minimum absolute atomic E-state index is 0.0399. The molecule has 0 bridgehead atoms. The number of piperazine rings is 1. The molecule has 0 spiro atoms. The normalized spacial score (nSPS) is 19.5. The van der Waals surface area contributed by atoms with E-state index in [1.165, 1.54) is 11.0 Å². The molecular formula is C22H21ClFN5O2. The zero-order valence-electron chi connectivity index (χ0n) is 16.7. The molecule has 1 aromatic heterocycles. The van der Waals surface area contributed by atoms with Gasteiger partial charge in [0.1, 0.15) is 5.82 Å². The van der Waals surface area contributed by atoms with Crippen molar-refractivity contribution in [3.05, 3.63) is 53.3 Å². The van der Waals surface area contributed by atoms with Crippen LogP contribution in [0.5, 0.6) is 0 Å². The molecule has 0 radical (unpaired) electrons. The summed E-state index contributed by atoms with van der Waals surface area (Å²) in [5, 5.41) is 7.87. The Kier molecular flexibility index (Phi) is 5.02. The van der Waals surface area contributed by atoms with Crippen molar-refractivity contribution in [3.63, 3.8) is 0 Å². The summed E-state index contributed by atoms with van der Waals surface area (Å²) in [6.45, 7) is 2.77. The highest BCUT2D eigenvalue weighted by molar-refractivity contribution is 6.30. The van der Waals surface area contributed by atoms with Gasteiger partial charge < -0.3 is 9.80 Å². The van der Waals surface area contributed by atoms with Crippen molar-refractivity contribution >= 4 is 45.8 Å². The van der Waals surface area contributed by atoms with E-state index in [4.69, 9.17) is 11.6 Å². The summed E-state index contributed by atoms with van der Waals surface area (Å²) in [5.74, 6) is -0.904. The fourth-order valence-corrected chi connectivity index (χ4v) is 4.59. The van der Waals surface area contributed by atoms with Gasteiger partial charge in [-0.15, -0.1) is 0 Å². The van der Waals surface area contributed by atoms with Crippen LogP contribution in [-0.2, 0) is 9.59 Å². The lowest BCUT2D eigenvalue weighted by molar-refractivity contribution is -0.136. The van der Waals surface area contributed by atoms with Gasteiger partial charge in [0.05, 0.1) is 16.8 Å². The first-order chi connectivity index (χ1) is 15.0. The van der Waals surface area contributed by atoms with E-state index in [-0.39, 0.29) is 36.0 Å². The van der Waals surface area contributed by atoms with Gasteiger partial charge in [-0.3, -0.25) is 19.6 Å². The number of rotatable bonds is 3. The quantitative estimate of drug-likeness (QED) is 0.678. The largest absolute Gasteiger partial charge is 0.368 e. The van der Waals surface area contributed by atoms with E-state index >= 15 is 0 Å². The summed E-state index contributed by atoms with van der Waals surface area (Å²) in [6, 6.07) is 12.3. The van der Waals surface area contributed by atoms with Gasteiger partial charge >= 0.3 is 0 Å². The maximum atomic E-state index is 14.3. The van der Waals surface area contributed by atoms with Gasteiger partial charge in [0.15, 0.2) is 5.82 Å². The first kappa shape index (κ1) is 19.8. The lowest BCUT2D eigenvalue weighted by Gasteiger charge is -2.37. The van der Waals surface area contributed by atoms with Gasteiger partial charge in [0, 0.05) is 49.9 Å². The fourth-order valence-electron chi connectivity index (χ4n) is 4.40. The third-order valence-electron chi connectivity index (χ3n) is 6.01. The second-order valence-corrected chi connectivity index (χ2v) is 8.34. The summed E-state index contributed by atoms with van der Waals surface area (Å²) >= 11 is 6.09. The second kappa shape index (κ2) is 7.85. The Morgan fingerprint density at radius 1 is 1.13 bits per heavy atom. The number of carbonyl (C=O) groups is 2.